The number of carbonyl (C=O) groups excluding carboxylic acids is 2. The first-order chi connectivity index (χ1) is 14.4. The number of hydrogen-bond donors (Lipinski definition) is 2. The molecule has 3 rings (SSSR count). The maximum Gasteiger partial charge on any atom is 0.343 e. The lowest BCUT2D eigenvalue weighted by Gasteiger charge is -2.11. The molecular formula is C21H16F2N4O3. The molecule has 0 saturated carbocycles. The van der Waals surface area contributed by atoms with Crippen LogP contribution in [0.5, 0.6) is 0 Å². The average molecular weight is 410 g/mol. The number of aryl methyl sites for hydroxylation is 1. The summed E-state index contributed by atoms with van der Waals surface area (Å²) in [5.41, 5.74) is 0.138. The van der Waals surface area contributed by atoms with Gasteiger partial charge in [0.15, 0.2) is 11.6 Å². The molecule has 2 N–H and O–H groups in total. The molecule has 0 aliphatic rings. The standard InChI is InChI=1S/C21H16F2N4O3/c1-27-19(15(12-24-27)20(28)30-2)26-21(29)25-18-16(22)10-14(11-17(18)23)9-8-13-6-4-3-5-7-13/h3-7,10-12H,1-2H3,(H2,25,26,29). The van der Waals surface area contributed by atoms with Gasteiger partial charge in [0.05, 0.1) is 13.3 Å². The summed E-state index contributed by atoms with van der Waals surface area (Å²) in [5.74, 6) is 2.75. The van der Waals surface area contributed by atoms with Crippen molar-refractivity contribution >= 4 is 23.5 Å². The Balaban J connectivity index is 1.78. The normalized spacial score (nSPS) is 10.0. The minimum absolute atomic E-state index is 0.00511. The third-order valence-corrected chi connectivity index (χ3v) is 3.98. The van der Waals surface area contributed by atoms with Gasteiger partial charge >= 0.3 is 12.0 Å². The number of carbonyl (C=O) groups is 2. The Morgan fingerprint density at radius 2 is 1.67 bits per heavy atom. The first-order valence-electron chi connectivity index (χ1n) is 8.63. The van der Waals surface area contributed by atoms with Crippen molar-refractivity contribution in [2.45, 2.75) is 0 Å². The zero-order valence-electron chi connectivity index (χ0n) is 16.0. The van der Waals surface area contributed by atoms with E-state index in [1.807, 2.05) is 6.07 Å². The summed E-state index contributed by atoms with van der Waals surface area (Å²) < 4.78 is 34.6. The van der Waals surface area contributed by atoms with Gasteiger partial charge < -0.3 is 10.1 Å². The highest BCUT2D eigenvalue weighted by Gasteiger charge is 2.20. The zero-order valence-corrected chi connectivity index (χ0v) is 16.0. The molecule has 3 aromatic rings. The average Bonchev–Trinajstić information content (AvgIpc) is 3.09. The van der Waals surface area contributed by atoms with E-state index < -0.39 is 29.3 Å². The first-order valence-corrected chi connectivity index (χ1v) is 8.63. The molecule has 1 aromatic heterocycles. The minimum atomic E-state index is -0.999. The molecule has 0 atom stereocenters. The first kappa shape index (κ1) is 20.5. The molecule has 30 heavy (non-hydrogen) atoms. The van der Waals surface area contributed by atoms with Gasteiger partial charge in [-0.25, -0.2) is 18.4 Å². The fourth-order valence-corrected chi connectivity index (χ4v) is 2.53. The number of urea groups is 1. The number of amides is 2. The number of hydrogen-bond acceptors (Lipinski definition) is 4. The van der Waals surface area contributed by atoms with Crippen LogP contribution in [-0.2, 0) is 11.8 Å². The van der Waals surface area contributed by atoms with Crippen LogP contribution in [0.25, 0.3) is 0 Å². The van der Waals surface area contributed by atoms with Crippen molar-refractivity contribution in [1.82, 2.24) is 9.78 Å². The monoisotopic (exact) mass is 410 g/mol. The number of benzene rings is 2. The van der Waals surface area contributed by atoms with Crippen LogP contribution >= 0.6 is 0 Å². The number of esters is 1. The Bertz CT molecular complexity index is 1140. The number of ether oxygens (including phenoxy) is 1. The van der Waals surface area contributed by atoms with Gasteiger partial charge in [0.2, 0.25) is 0 Å². The molecule has 7 nitrogen and oxygen atoms in total. The van der Waals surface area contributed by atoms with E-state index in [9.17, 15) is 18.4 Å². The second kappa shape index (κ2) is 8.87. The quantitative estimate of drug-likeness (QED) is 0.511. The number of halogens is 2. The predicted octanol–water partition coefficient (Wildman–Crippen LogP) is 3.53. The van der Waals surface area contributed by atoms with Crippen molar-refractivity contribution in [1.29, 1.82) is 0 Å². The zero-order chi connectivity index (χ0) is 21.7. The van der Waals surface area contributed by atoms with Crippen molar-refractivity contribution in [2.24, 2.45) is 7.05 Å². The topological polar surface area (TPSA) is 85.2 Å². The van der Waals surface area contributed by atoms with Gasteiger partial charge in [0.1, 0.15) is 17.1 Å². The van der Waals surface area contributed by atoms with E-state index in [1.54, 1.807) is 24.3 Å². The smallest absolute Gasteiger partial charge is 0.343 e. The van der Waals surface area contributed by atoms with Crippen LogP contribution in [0.3, 0.4) is 0 Å². The molecular weight excluding hydrogens is 394 g/mol. The molecule has 0 saturated heterocycles. The highest BCUT2D eigenvalue weighted by Crippen LogP contribution is 2.22. The lowest BCUT2D eigenvalue weighted by Crippen LogP contribution is -2.23. The van der Waals surface area contributed by atoms with Crippen LogP contribution in [-0.4, -0.2) is 28.9 Å². The number of nitrogens with one attached hydrogen (secondary N) is 2. The number of rotatable bonds is 3. The van der Waals surface area contributed by atoms with Gasteiger partial charge in [-0.2, -0.15) is 5.10 Å². The van der Waals surface area contributed by atoms with E-state index >= 15 is 0 Å². The van der Waals surface area contributed by atoms with E-state index in [4.69, 9.17) is 0 Å². The van der Waals surface area contributed by atoms with E-state index in [0.717, 1.165) is 12.1 Å². The van der Waals surface area contributed by atoms with Crippen LogP contribution in [0.1, 0.15) is 21.5 Å². The highest BCUT2D eigenvalue weighted by atomic mass is 19.1. The molecule has 1 heterocycles. The maximum atomic E-state index is 14.4. The summed E-state index contributed by atoms with van der Waals surface area (Å²) in [6.07, 6.45) is 1.20. The van der Waals surface area contributed by atoms with Gasteiger partial charge in [-0.05, 0) is 24.3 Å². The highest BCUT2D eigenvalue weighted by molar-refractivity contribution is 6.04. The molecule has 0 aliphatic carbocycles. The largest absolute Gasteiger partial charge is 0.465 e. The summed E-state index contributed by atoms with van der Waals surface area (Å²) in [6.45, 7) is 0. The van der Waals surface area contributed by atoms with Gasteiger partial charge in [-0.15, -0.1) is 0 Å². The Hall–Kier alpha value is -4.19. The van der Waals surface area contributed by atoms with Gasteiger partial charge in [0, 0.05) is 18.2 Å². The van der Waals surface area contributed by atoms with Crippen molar-refractivity contribution < 1.29 is 23.1 Å². The van der Waals surface area contributed by atoms with Gasteiger partial charge in [0.25, 0.3) is 0 Å². The van der Waals surface area contributed by atoms with E-state index in [2.05, 4.69) is 32.3 Å². The van der Waals surface area contributed by atoms with E-state index in [0.29, 0.717) is 5.56 Å². The fourth-order valence-electron chi connectivity index (χ4n) is 2.53. The molecule has 0 bridgehead atoms. The summed E-state index contributed by atoms with van der Waals surface area (Å²) in [5, 5.41) is 8.26. The molecule has 0 spiro atoms. The Morgan fingerprint density at radius 3 is 2.30 bits per heavy atom. The molecule has 0 aliphatic heterocycles. The molecule has 2 amide bonds. The third-order valence-electron chi connectivity index (χ3n) is 3.98. The Morgan fingerprint density at radius 1 is 1.03 bits per heavy atom. The van der Waals surface area contributed by atoms with E-state index in [-0.39, 0.29) is 16.9 Å². The molecule has 2 aromatic carbocycles. The maximum absolute atomic E-state index is 14.4. The minimum Gasteiger partial charge on any atom is -0.465 e. The van der Waals surface area contributed by atoms with Crippen molar-refractivity contribution in [3.05, 3.63) is 77.0 Å². The summed E-state index contributed by atoms with van der Waals surface area (Å²) >= 11 is 0. The lowest BCUT2D eigenvalue weighted by molar-refractivity contribution is 0.0602. The Labute approximate surface area is 170 Å². The number of aromatic nitrogens is 2. The fraction of sp³-hybridized carbons (Fsp3) is 0.0952. The van der Waals surface area contributed by atoms with Crippen LogP contribution in [0, 0.1) is 23.5 Å². The van der Waals surface area contributed by atoms with Crippen LogP contribution in [0.2, 0.25) is 0 Å². The summed E-state index contributed by atoms with van der Waals surface area (Å²) in [6, 6.07) is 10.0. The molecule has 0 fully saturated rings. The molecule has 0 radical (unpaired) electrons. The Kier molecular flexibility index (Phi) is 6.08. The molecule has 152 valence electrons. The third kappa shape index (κ3) is 4.62. The predicted molar refractivity (Wildman–Crippen MR) is 106 cm³/mol. The van der Waals surface area contributed by atoms with Crippen LogP contribution in [0.15, 0.2) is 48.7 Å². The lowest BCUT2D eigenvalue weighted by atomic mass is 10.1. The number of anilines is 2. The molecule has 0 unspecified atom stereocenters. The second-order valence-electron chi connectivity index (χ2n) is 6.03. The summed E-state index contributed by atoms with van der Waals surface area (Å²) in [7, 11) is 2.65. The van der Waals surface area contributed by atoms with Crippen LogP contribution < -0.4 is 10.6 Å². The summed E-state index contributed by atoms with van der Waals surface area (Å²) in [4.78, 5) is 23.9. The van der Waals surface area contributed by atoms with Gasteiger partial charge in [-0.1, -0.05) is 30.0 Å². The number of methoxy groups -OCH3 is 1. The van der Waals surface area contributed by atoms with E-state index in [1.165, 1.54) is 25.0 Å². The van der Waals surface area contributed by atoms with Crippen molar-refractivity contribution in [3.8, 4) is 11.8 Å². The second-order valence-corrected chi connectivity index (χ2v) is 6.03. The SMILES string of the molecule is COC(=O)c1cnn(C)c1NC(=O)Nc1c(F)cc(C#Cc2ccccc2)cc1F. The van der Waals surface area contributed by atoms with Crippen molar-refractivity contribution in [2.75, 3.05) is 17.7 Å². The van der Waals surface area contributed by atoms with Gasteiger partial charge in [-0.3, -0.25) is 10.00 Å². The van der Waals surface area contributed by atoms with Crippen LogP contribution in [0.4, 0.5) is 25.1 Å². The molecule has 9 heteroatoms. The van der Waals surface area contributed by atoms with Crippen molar-refractivity contribution in [3.63, 3.8) is 0 Å². The number of nitrogens with zero attached hydrogens (tertiary/aromatic N) is 2.